The van der Waals surface area contributed by atoms with E-state index in [1.165, 1.54) is 44.2 Å². The van der Waals surface area contributed by atoms with Crippen LogP contribution in [0.5, 0.6) is 0 Å². The molecule has 0 radical (unpaired) electrons. The molecule has 3 aliphatic rings. The molecule has 0 amide bonds. The van der Waals surface area contributed by atoms with Crippen molar-refractivity contribution in [2.45, 2.75) is 70.7 Å². The van der Waals surface area contributed by atoms with Crippen LogP contribution in [0.1, 0.15) is 51.5 Å². The Labute approximate surface area is 204 Å². The molecule has 1 saturated carbocycles. The molecular formula is C23H39IN6O. The van der Waals surface area contributed by atoms with Crippen LogP contribution < -0.4 is 15.5 Å². The normalized spacial score (nSPS) is 25.5. The first-order valence-corrected chi connectivity index (χ1v) is 11.8. The van der Waals surface area contributed by atoms with E-state index in [0.29, 0.717) is 12.6 Å². The Morgan fingerprint density at radius 3 is 2.84 bits per heavy atom. The van der Waals surface area contributed by atoms with Gasteiger partial charge in [0.05, 0.1) is 19.3 Å². The molecule has 0 bridgehead atoms. The SMILES string of the molecule is CCNC(=NCc1ccnc(N2CCOC(C)C2)c1)NC1CCN(C2CCCC2)C1.I. The lowest BCUT2D eigenvalue weighted by Gasteiger charge is -2.32. The summed E-state index contributed by atoms with van der Waals surface area (Å²) in [5.74, 6) is 1.95. The fourth-order valence-electron chi connectivity index (χ4n) is 4.95. The fraction of sp³-hybridized carbons (Fsp3) is 0.739. The van der Waals surface area contributed by atoms with E-state index in [4.69, 9.17) is 9.73 Å². The van der Waals surface area contributed by atoms with Gasteiger partial charge in [-0.25, -0.2) is 9.98 Å². The Morgan fingerprint density at radius 1 is 1.23 bits per heavy atom. The fourth-order valence-corrected chi connectivity index (χ4v) is 4.95. The average Bonchev–Trinajstić information content (AvgIpc) is 3.44. The maximum atomic E-state index is 5.66. The first-order valence-electron chi connectivity index (χ1n) is 11.8. The number of morpholine rings is 1. The number of hydrogen-bond donors (Lipinski definition) is 2. The van der Waals surface area contributed by atoms with E-state index in [0.717, 1.165) is 50.6 Å². The van der Waals surface area contributed by atoms with Gasteiger partial charge in [-0.05, 0) is 50.8 Å². The van der Waals surface area contributed by atoms with Crippen LogP contribution in [0.2, 0.25) is 0 Å². The molecule has 2 atom stereocenters. The third-order valence-electron chi connectivity index (χ3n) is 6.54. The first-order chi connectivity index (χ1) is 14.7. The molecule has 2 unspecified atom stereocenters. The lowest BCUT2D eigenvalue weighted by molar-refractivity contribution is 0.0529. The summed E-state index contributed by atoms with van der Waals surface area (Å²) in [5.41, 5.74) is 1.19. The number of likely N-dealkylation sites (tertiary alicyclic amines) is 1. The Balaban J connectivity index is 0.00000272. The maximum absolute atomic E-state index is 5.66. The Kier molecular flexibility index (Phi) is 9.65. The van der Waals surface area contributed by atoms with Crippen LogP contribution in [-0.2, 0) is 11.3 Å². The van der Waals surface area contributed by atoms with E-state index in [9.17, 15) is 0 Å². The van der Waals surface area contributed by atoms with Crippen molar-refractivity contribution in [3.05, 3.63) is 23.9 Å². The van der Waals surface area contributed by atoms with Crippen molar-refractivity contribution in [3.8, 4) is 0 Å². The minimum atomic E-state index is 0. The molecule has 1 aromatic heterocycles. The number of nitrogens with one attached hydrogen (secondary N) is 2. The van der Waals surface area contributed by atoms with Gasteiger partial charge in [0.15, 0.2) is 5.96 Å². The summed E-state index contributed by atoms with van der Waals surface area (Å²) in [4.78, 5) is 14.4. The van der Waals surface area contributed by atoms with Gasteiger partial charge in [-0.2, -0.15) is 0 Å². The number of ether oxygens (including phenoxy) is 1. The first kappa shape index (κ1) is 24.5. The molecule has 1 aliphatic carbocycles. The second kappa shape index (κ2) is 12.2. The van der Waals surface area contributed by atoms with Crippen LogP contribution in [0.15, 0.2) is 23.3 Å². The number of aromatic nitrogens is 1. The van der Waals surface area contributed by atoms with Gasteiger partial charge in [0.25, 0.3) is 0 Å². The van der Waals surface area contributed by atoms with Crippen molar-refractivity contribution < 1.29 is 4.74 Å². The molecule has 2 N–H and O–H groups in total. The van der Waals surface area contributed by atoms with Crippen LogP contribution in [-0.4, -0.2) is 73.4 Å². The van der Waals surface area contributed by atoms with E-state index in [-0.39, 0.29) is 30.1 Å². The summed E-state index contributed by atoms with van der Waals surface area (Å²) < 4.78 is 5.66. The molecule has 3 fully saturated rings. The number of aliphatic imine (C=N–C) groups is 1. The van der Waals surface area contributed by atoms with E-state index in [1.807, 2.05) is 6.20 Å². The van der Waals surface area contributed by atoms with Gasteiger partial charge in [0, 0.05) is 51.0 Å². The van der Waals surface area contributed by atoms with E-state index in [1.54, 1.807) is 0 Å². The lowest BCUT2D eigenvalue weighted by atomic mass is 10.2. The second-order valence-corrected chi connectivity index (χ2v) is 8.91. The zero-order valence-corrected chi connectivity index (χ0v) is 21.4. The highest BCUT2D eigenvalue weighted by atomic mass is 127. The summed E-state index contributed by atoms with van der Waals surface area (Å²) in [5, 5.41) is 7.10. The highest BCUT2D eigenvalue weighted by Crippen LogP contribution is 2.26. The predicted molar refractivity (Wildman–Crippen MR) is 137 cm³/mol. The molecule has 7 nitrogen and oxygen atoms in total. The highest BCUT2D eigenvalue weighted by molar-refractivity contribution is 14.0. The van der Waals surface area contributed by atoms with Crippen LogP contribution in [0.25, 0.3) is 0 Å². The average molecular weight is 543 g/mol. The summed E-state index contributed by atoms with van der Waals surface area (Å²) in [6.45, 7) is 10.7. The van der Waals surface area contributed by atoms with Crippen molar-refractivity contribution in [1.29, 1.82) is 0 Å². The summed E-state index contributed by atoms with van der Waals surface area (Å²) in [6.07, 6.45) is 8.93. The molecule has 174 valence electrons. The summed E-state index contributed by atoms with van der Waals surface area (Å²) in [6, 6.07) is 5.54. The van der Waals surface area contributed by atoms with Crippen LogP contribution >= 0.6 is 24.0 Å². The molecule has 1 aromatic rings. The van der Waals surface area contributed by atoms with Gasteiger partial charge < -0.3 is 20.3 Å². The molecule has 0 spiro atoms. The molecule has 2 aliphatic heterocycles. The minimum absolute atomic E-state index is 0. The zero-order valence-electron chi connectivity index (χ0n) is 19.1. The van der Waals surface area contributed by atoms with Gasteiger partial charge in [0.1, 0.15) is 5.82 Å². The molecule has 4 rings (SSSR count). The predicted octanol–water partition coefficient (Wildman–Crippen LogP) is 3.00. The Bertz CT molecular complexity index is 711. The number of rotatable bonds is 6. The van der Waals surface area contributed by atoms with Crippen LogP contribution in [0.4, 0.5) is 5.82 Å². The summed E-state index contributed by atoms with van der Waals surface area (Å²) >= 11 is 0. The van der Waals surface area contributed by atoms with Crippen LogP contribution in [0.3, 0.4) is 0 Å². The number of pyridine rings is 1. The monoisotopic (exact) mass is 542 g/mol. The summed E-state index contributed by atoms with van der Waals surface area (Å²) in [7, 11) is 0. The lowest BCUT2D eigenvalue weighted by Crippen LogP contribution is -2.45. The van der Waals surface area contributed by atoms with Crippen molar-refractivity contribution >= 4 is 35.8 Å². The second-order valence-electron chi connectivity index (χ2n) is 8.91. The van der Waals surface area contributed by atoms with Crippen LogP contribution in [0, 0.1) is 0 Å². The van der Waals surface area contributed by atoms with E-state index in [2.05, 4.69) is 51.4 Å². The molecule has 0 aromatic carbocycles. The zero-order chi connectivity index (χ0) is 20.8. The smallest absolute Gasteiger partial charge is 0.191 e. The third kappa shape index (κ3) is 6.92. The number of guanidine groups is 1. The van der Waals surface area contributed by atoms with Crippen molar-refractivity contribution in [3.63, 3.8) is 0 Å². The Morgan fingerprint density at radius 2 is 2.06 bits per heavy atom. The number of nitrogens with zero attached hydrogens (tertiary/aromatic N) is 4. The van der Waals surface area contributed by atoms with Crippen molar-refractivity contribution in [2.75, 3.05) is 44.2 Å². The third-order valence-corrected chi connectivity index (χ3v) is 6.54. The van der Waals surface area contributed by atoms with Crippen molar-refractivity contribution in [1.82, 2.24) is 20.5 Å². The molecule has 8 heteroatoms. The van der Waals surface area contributed by atoms with Gasteiger partial charge >= 0.3 is 0 Å². The number of anilines is 1. The minimum Gasteiger partial charge on any atom is -0.375 e. The standard InChI is InChI=1S/C23H38N6O.HI/c1-3-24-23(27-20-9-11-28(17-20)21-6-4-5-7-21)26-15-19-8-10-25-22(14-19)29-12-13-30-18(2)16-29;/h8,10,14,18,20-21H,3-7,9,11-13,15-17H2,1-2H3,(H2,24,26,27);1H. The molecule has 31 heavy (non-hydrogen) atoms. The Hall–Kier alpha value is -1.13. The van der Waals surface area contributed by atoms with E-state index >= 15 is 0 Å². The quantitative estimate of drug-likeness (QED) is 0.328. The molecular weight excluding hydrogens is 503 g/mol. The molecule has 2 saturated heterocycles. The maximum Gasteiger partial charge on any atom is 0.191 e. The van der Waals surface area contributed by atoms with Gasteiger partial charge in [-0.1, -0.05) is 12.8 Å². The number of halogens is 1. The van der Waals surface area contributed by atoms with Gasteiger partial charge in [-0.3, -0.25) is 4.90 Å². The number of hydrogen-bond acceptors (Lipinski definition) is 5. The van der Waals surface area contributed by atoms with Gasteiger partial charge in [-0.15, -0.1) is 24.0 Å². The van der Waals surface area contributed by atoms with E-state index < -0.39 is 0 Å². The largest absolute Gasteiger partial charge is 0.375 e. The van der Waals surface area contributed by atoms with Crippen molar-refractivity contribution in [2.24, 2.45) is 4.99 Å². The topological polar surface area (TPSA) is 65.0 Å². The highest BCUT2D eigenvalue weighted by Gasteiger charge is 2.30. The van der Waals surface area contributed by atoms with Gasteiger partial charge in [0.2, 0.25) is 0 Å². The molecule has 3 heterocycles.